The summed E-state index contributed by atoms with van der Waals surface area (Å²) in [6.45, 7) is 1.43. The van der Waals surface area contributed by atoms with E-state index in [0.29, 0.717) is 5.56 Å². The van der Waals surface area contributed by atoms with E-state index in [1.165, 1.54) is 17.0 Å². The first kappa shape index (κ1) is 18.5. The highest BCUT2D eigenvalue weighted by Crippen LogP contribution is 2.30. The van der Waals surface area contributed by atoms with E-state index in [2.05, 4.69) is 5.32 Å². The number of carbonyl (C=O) groups is 1. The minimum atomic E-state index is -4.38. The summed E-state index contributed by atoms with van der Waals surface area (Å²) in [5, 5.41) is 11.6. The Balaban J connectivity index is 1.87. The molecule has 1 aliphatic heterocycles. The number of urea groups is 1. The third-order valence-electron chi connectivity index (χ3n) is 4.24. The molecule has 134 valence electrons. The van der Waals surface area contributed by atoms with Crippen LogP contribution in [0, 0.1) is 0 Å². The normalized spacial score (nSPS) is 22.5. The van der Waals surface area contributed by atoms with E-state index in [1.807, 2.05) is 0 Å². The average Bonchev–Trinajstić information content (AvgIpc) is 2.95. The summed E-state index contributed by atoms with van der Waals surface area (Å²) >= 11 is 0. The molecule has 24 heavy (non-hydrogen) atoms. The zero-order valence-electron chi connectivity index (χ0n) is 13.2. The van der Waals surface area contributed by atoms with Gasteiger partial charge in [0.15, 0.2) is 5.67 Å². The van der Waals surface area contributed by atoms with Crippen LogP contribution in [0.15, 0.2) is 24.3 Å². The van der Waals surface area contributed by atoms with Crippen LogP contribution in [0.5, 0.6) is 0 Å². The molecule has 8 heteroatoms. The molecular weight excluding hydrogens is 328 g/mol. The Morgan fingerprint density at radius 3 is 2.50 bits per heavy atom. The lowest BCUT2D eigenvalue weighted by Crippen LogP contribution is -2.42. The highest BCUT2D eigenvalue weighted by atomic mass is 19.4. The molecule has 1 saturated heterocycles. The van der Waals surface area contributed by atoms with E-state index in [4.69, 9.17) is 5.11 Å². The summed E-state index contributed by atoms with van der Waals surface area (Å²) in [4.78, 5) is 13.3. The van der Waals surface area contributed by atoms with E-state index >= 15 is 0 Å². The number of hydrogen-bond donors (Lipinski definition) is 2. The Kier molecular flexibility index (Phi) is 5.37. The molecule has 2 atom stereocenters. The van der Waals surface area contributed by atoms with Gasteiger partial charge in [0, 0.05) is 19.5 Å². The molecule has 2 rings (SSSR count). The summed E-state index contributed by atoms with van der Waals surface area (Å²) in [6.07, 6.45) is -4.29. The minimum absolute atomic E-state index is 0.0887. The average molecular weight is 348 g/mol. The van der Waals surface area contributed by atoms with Gasteiger partial charge in [0.05, 0.1) is 18.7 Å². The Morgan fingerprint density at radius 2 is 2.00 bits per heavy atom. The topological polar surface area (TPSA) is 52.6 Å². The van der Waals surface area contributed by atoms with Crippen molar-refractivity contribution in [3.63, 3.8) is 0 Å². The molecule has 1 aromatic rings. The lowest BCUT2D eigenvalue weighted by molar-refractivity contribution is -0.137. The number of halogens is 4. The van der Waals surface area contributed by atoms with Crippen molar-refractivity contribution >= 4 is 6.03 Å². The van der Waals surface area contributed by atoms with Gasteiger partial charge in [0.2, 0.25) is 0 Å². The van der Waals surface area contributed by atoms with Gasteiger partial charge in [0.1, 0.15) is 0 Å². The zero-order valence-corrected chi connectivity index (χ0v) is 13.2. The fourth-order valence-electron chi connectivity index (χ4n) is 2.61. The van der Waals surface area contributed by atoms with Crippen molar-refractivity contribution in [2.45, 2.75) is 31.1 Å². The van der Waals surface area contributed by atoms with E-state index in [-0.39, 0.29) is 32.0 Å². The first-order valence-electron chi connectivity index (χ1n) is 7.64. The van der Waals surface area contributed by atoms with Crippen LogP contribution in [-0.4, -0.2) is 47.9 Å². The monoisotopic (exact) mass is 348 g/mol. The third kappa shape index (κ3) is 4.37. The smallest absolute Gasteiger partial charge is 0.393 e. The van der Waals surface area contributed by atoms with Gasteiger partial charge in [-0.1, -0.05) is 19.1 Å². The van der Waals surface area contributed by atoms with Crippen molar-refractivity contribution < 1.29 is 27.5 Å². The van der Waals surface area contributed by atoms with Crippen LogP contribution in [0.3, 0.4) is 0 Å². The van der Waals surface area contributed by atoms with Crippen LogP contribution in [-0.2, 0) is 6.18 Å². The van der Waals surface area contributed by atoms with Crippen molar-refractivity contribution in [3.05, 3.63) is 35.4 Å². The van der Waals surface area contributed by atoms with Crippen molar-refractivity contribution in [1.29, 1.82) is 0 Å². The van der Waals surface area contributed by atoms with Gasteiger partial charge in [-0.25, -0.2) is 9.18 Å². The number of nitrogens with one attached hydrogen (secondary N) is 1. The van der Waals surface area contributed by atoms with Crippen LogP contribution in [0.4, 0.5) is 22.4 Å². The van der Waals surface area contributed by atoms with Crippen LogP contribution in [0.1, 0.15) is 30.4 Å². The molecule has 0 unspecified atom stereocenters. The molecule has 0 radical (unpaired) electrons. The Morgan fingerprint density at radius 1 is 1.38 bits per heavy atom. The molecule has 4 nitrogen and oxygen atoms in total. The molecule has 0 saturated carbocycles. The van der Waals surface area contributed by atoms with Crippen LogP contribution >= 0.6 is 0 Å². The molecule has 0 spiro atoms. The van der Waals surface area contributed by atoms with Gasteiger partial charge in [-0.3, -0.25) is 0 Å². The number of aliphatic hydroxyl groups excluding tert-OH is 1. The van der Waals surface area contributed by atoms with Crippen molar-refractivity contribution in [2.75, 3.05) is 26.2 Å². The van der Waals surface area contributed by atoms with Gasteiger partial charge < -0.3 is 15.3 Å². The fourth-order valence-corrected chi connectivity index (χ4v) is 2.61. The Hall–Kier alpha value is -1.83. The van der Waals surface area contributed by atoms with Crippen LogP contribution in [0.2, 0.25) is 0 Å². The van der Waals surface area contributed by atoms with E-state index in [9.17, 15) is 22.4 Å². The second-order valence-corrected chi connectivity index (χ2v) is 6.19. The van der Waals surface area contributed by atoms with Crippen molar-refractivity contribution in [2.24, 2.45) is 0 Å². The summed E-state index contributed by atoms with van der Waals surface area (Å²) in [5.41, 5.74) is -1.81. The fraction of sp³-hybridized carbons (Fsp3) is 0.562. The summed E-state index contributed by atoms with van der Waals surface area (Å²) < 4.78 is 51.5. The first-order chi connectivity index (χ1) is 11.1. The lowest BCUT2D eigenvalue weighted by atomic mass is 10.00. The summed E-state index contributed by atoms with van der Waals surface area (Å²) in [5.74, 6) is -0.188. The molecule has 0 bridgehead atoms. The van der Waals surface area contributed by atoms with Gasteiger partial charge in [-0.05, 0) is 23.6 Å². The predicted octanol–water partition coefficient (Wildman–Crippen LogP) is 2.92. The zero-order chi connectivity index (χ0) is 18.0. The van der Waals surface area contributed by atoms with E-state index in [0.717, 1.165) is 12.1 Å². The number of likely N-dealkylation sites (tertiary alicyclic amines) is 1. The van der Waals surface area contributed by atoms with Crippen molar-refractivity contribution in [3.8, 4) is 0 Å². The quantitative estimate of drug-likeness (QED) is 0.822. The number of alkyl halides is 4. The molecule has 2 N–H and O–H groups in total. The number of amides is 2. The maximum Gasteiger partial charge on any atom is 0.416 e. The van der Waals surface area contributed by atoms with E-state index in [1.54, 1.807) is 6.92 Å². The molecular formula is C16H20F4N2O2. The minimum Gasteiger partial charge on any atom is -0.393 e. The lowest BCUT2D eigenvalue weighted by Gasteiger charge is -2.21. The molecule has 1 aromatic carbocycles. The Bertz CT molecular complexity index is 576. The molecule has 1 fully saturated rings. The maximum atomic E-state index is 13.9. The Labute approximate surface area is 137 Å². The van der Waals surface area contributed by atoms with Crippen LogP contribution in [0.25, 0.3) is 0 Å². The SMILES string of the molecule is C[C@@H](CNC(=O)N1CC[C@@](F)(CO)C1)c1ccc(C(F)(F)F)cc1. The summed E-state index contributed by atoms with van der Waals surface area (Å²) in [6, 6.07) is 4.34. The van der Waals surface area contributed by atoms with Gasteiger partial charge in [0.25, 0.3) is 0 Å². The number of hydrogen-bond acceptors (Lipinski definition) is 2. The predicted molar refractivity (Wildman–Crippen MR) is 80.4 cm³/mol. The largest absolute Gasteiger partial charge is 0.416 e. The van der Waals surface area contributed by atoms with Gasteiger partial charge >= 0.3 is 12.2 Å². The number of carbonyl (C=O) groups excluding carboxylic acids is 1. The third-order valence-corrected chi connectivity index (χ3v) is 4.24. The maximum absolute atomic E-state index is 13.9. The molecule has 1 heterocycles. The van der Waals surface area contributed by atoms with E-state index < -0.39 is 30.0 Å². The van der Waals surface area contributed by atoms with Crippen molar-refractivity contribution in [1.82, 2.24) is 10.2 Å². The van der Waals surface area contributed by atoms with Crippen LogP contribution < -0.4 is 5.32 Å². The summed E-state index contributed by atoms with van der Waals surface area (Å²) in [7, 11) is 0. The molecule has 2 amide bonds. The molecule has 0 aromatic heterocycles. The number of nitrogens with zero attached hydrogens (tertiary/aromatic N) is 1. The van der Waals surface area contributed by atoms with Gasteiger partial charge in [-0.2, -0.15) is 13.2 Å². The number of rotatable bonds is 4. The number of benzene rings is 1. The highest BCUT2D eigenvalue weighted by molar-refractivity contribution is 5.74. The second-order valence-electron chi connectivity index (χ2n) is 6.19. The standard InChI is InChI=1S/C16H20F4N2O2/c1-11(12-2-4-13(5-3-12)16(18,19)20)8-21-14(24)22-7-6-15(17,9-22)10-23/h2-5,11,23H,6-10H2,1H3,(H,21,24)/t11-,15-/m0/s1. The molecule has 0 aliphatic carbocycles. The first-order valence-corrected chi connectivity index (χ1v) is 7.64. The van der Waals surface area contributed by atoms with Gasteiger partial charge in [-0.15, -0.1) is 0 Å². The molecule has 1 aliphatic rings. The second kappa shape index (κ2) is 6.96. The number of aliphatic hydroxyl groups is 1. The highest BCUT2D eigenvalue weighted by Gasteiger charge is 2.39.